The third-order valence-corrected chi connectivity index (χ3v) is 4.00. The van der Waals surface area contributed by atoms with Gasteiger partial charge in [-0.1, -0.05) is 18.9 Å². The number of rotatable bonds is 7. The van der Waals surface area contributed by atoms with E-state index < -0.39 is 0 Å². The molecule has 4 heteroatoms. The second-order valence-corrected chi connectivity index (χ2v) is 5.58. The summed E-state index contributed by atoms with van der Waals surface area (Å²) in [5.74, 6) is 0.989. The van der Waals surface area contributed by atoms with Gasteiger partial charge in [0.15, 0.2) is 0 Å². The van der Waals surface area contributed by atoms with Crippen molar-refractivity contribution in [3.63, 3.8) is 0 Å². The lowest BCUT2D eigenvalue weighted by Crippen LogP contribution is -2.24. The number of anilines is 1. The van der Waals surface area contributed by atoms with E-state index in [1.165, 1.54) is 36.9 Å². The number of benzene rings is 1. The number of ether oxygens (including phenoxy) is 2. The van der Waals surface area contributed by atoms with Crippen molar-refractivity contribution in [3.05, 3.63) is 23.8 Å². The van der Waals surface area contributed by atoms with Gasteiger partial charge in [-0.25, -0.2) is 0 Å². The molecule has 1 saturated heterocycles. The maximum Gasteiger partial charge on any atom is 0.142 e. The zero-order chi connectivity index (χ0) is 14.9. The highest BCUT2D eigenvalue weighted by Crippen LogP contribution is 2.31. The van der Waals surface area contributed by atoms with Crippen molar-refractivity contribution < 1.29 is 9.47 Å². The molecule has 4 nitrogen and oxygen atoms in total. The van der Waals surface area contributed by atoms with Gasteiger partial charge < -0.3 is 19.7 Å². The van der Waals surface area contributed by atoms with Crippen molar-refractivity contribution in [2.75, 3.05) is 45.4 Å². The minimum absolute atomic E-state index is 0.739. The Bertz CT molecular complexity index is 415. The van der Waals surface area contributed by atoms with Gasteiger partial charge in [-0.3, -0.25) is 0 Å². The number of hydrogen-bond donors (Lipinski definition) is 1. The quantitative estimate of drug-likeness (QED) is 0.784. The highest BCUT2D eigenvalue weighted by Gasteiger charge is 2.14. The molecule has 0 bridgehead atoms. The van der Waals surface area contributed by atoms with Gasteiger partial charge in [0.25, 0.3) is 0 Å². The average molecular weight is 292 g/mol. The molecule has 0 unspecified atom stereocenters. The molecule has 1 fully saturated rings. The third kappa shape index (κ3) is 4.90. The fourth-order valence-electron chi connectivity index (χ4n) is 2.81. The Kier molecular flexibility index (Phi) is 6.83. The maximum absolute atomic E-state index is 5.61. The van der Waals surface area contributed by atoms with Gasteiger partial charge in [0.05, 0.1) is 19.4 Å². The van der Waals surface area contributed by atoms with Crippen LogP contribution in [0.1, 0.15) is 31.2 Å². The third-order valence-electron chi connectivity index (χ3n) is 4.00. The molecule has 0 atom stereocenters. The van der Waals surface area contributed by atoms with Crippen LogP contribution in [0.2, 0.25) is 0 Å². The molecule has 1 aliphatic rings. The second-order valence-electron chi connectivity index (χ2n) is 5.58. The minimum atomic E-state index is 0.739. The predicted octanol–water partition coefficient (Wildman–Crippen LogP) is 2.81. The zero-order valence-electron chi connectivity index (χ0n) is 13.4. The topological polar surface area (TPSA) is 33.7 Å². The molecular formula is C17H28N2O2. The summed E-state index contributed by atoms with van der Waals surface area (Å²) in [5.41, 5.74) is 2.49. The summed E-state index contributed by atoms with van der Waals surface area (Å²) in [7, 11) is 3.49. The first-order valence-electron chi connectivity index (χ1n) is 7.96. The Morgan fingerprint density at radius 3 is 2.52 bits per heavy atom. The Morgan fingerprint density at radius 1 is 1.10 bits per heavy atom. The van der Waals surface area contributed by atoms with E-state index in [1.807, 2.05) is 0 Å². The lowest BCUT2D eigenvalue weighted by atomic mass is 10.1. The van der Waals surface area contributed by atoms with Crippen molar-refractivity contribution in [2.24, 2.45) is 0 Å². The molecule has 0 amide bonds. The largest absolute Gasteiger partial charge is 0.495 e. The standard InChI is InChI=1S/C17H28N2O2/c1-20-12-9-18-14-15-7-8-16(17(13-15)21-2)19-10-5-3-4-6-11-19/h7-8,13,18H,3-6,9-12,14H2,1-2H3. The van der Waals surface area contributed by atoms with Crippen LogP contribution in [-0.2, 0) is 11.3 Å². The van der Waals surface area contributed by atoms with E-state index in [0.717, 1.165) is 38.5 Å². The summed E-state index contributed by atoms with van der Waals surface area (Å²) < 4.78 is 10.7. The molecule has 0 saturated carbocycles. The van der Waals surface area contributed by atoms with Gasteiger partial charge in [0.1, 0.15) is 5.75 Å². The van der Waals surface area contributed by atoms with Gasteiger partial charge in [0.2, 0.25) is 0 Å². The Morgan fingerprint density at radius 2 is 1.86 bits per heavy atom. The van der Waals surface area contributed by atoms with Crippen LogP contribution in [0.25, 0.3) is 0 Å². The number of nitrogens with one attached hydrogen (secondary N) is 1. The molecule has 1 aliphatic heterocycles. The summed E-state index contributed by atoms with van der Waals surface area (Å²) in [6.07, 6.45) is 5.26. The molecule has 2 rings (SSSR count). The first kappa shape index (κ1) is 16.1. The van der Waals surface area contributed by atoms with E-state index >= 15 is 0 Å². The highest BCUT2D eigenvalue weighted by molar-refractivity contribution is 5.60. The second kappa shape index (κ2) is 8.90. The molecule has 1 aromatic rings. The van der Waals surface area contributed by atoms with Crippen molar-refractivity contribution >= 4 is 5.69 Å². The van der Waals surface area contributed by atoms with Crippen molar-refractivity contribution in [1.82, 2.24) is 5.32 Å². The molecule has 1 aromatic carbocycles. The van der Waals surface area contributed by atoms with Crippen molar-refractivity contribution in [3.8, 4) is 5.75 Å². The molecule has 0 aliphatic carbocycles. The van der Waals surface area contributed by atoms with E-state index in [9.17, 15) is 0 Å². The number of methoxy groups -OCH3 is 2. The predicted molar refractivity (Wildman–Crippen MR) is 87.3 cm³/mol. The van der Waals surface area contributed by atoms with Gasteiger partial charge in [-0.15, -0.1) is 0 Å². The van der Waals surface area contributed by atoms with E-state index in [1.54, 1.807) is 14.2 Å². The van der Waals surface area contributed by atoms with Crippen molar-refractivity contribution in [2.45, 2.75) is 32.2 Å². The fraction of sp³-hybridized carbons (Fsp3) is 0.647. The summed E-state index contributed by atoms with van der Waals surface area (Å²) in [5, 5.41) is 3.37. The van der Waals surface area contributed by atoms with Crippen LogP contribution in [0.4, 0.5) is 5.69 Å². The zero-order valence-corrected chi connectivity index (χ0v) is 13.4. The highest BCUT2D eigenvalue weighted by atomic mass is 16.5. The van der Waals surface area contributed by atoms with Gasteiger partial charge in [-0.2, -0.15) is 0 Å². The molecule has 0 spiro atoms. The minimum Gasteiger partial charge on any atom is -0.495 e. The lowest BCUT2D eigenvalue weighted by Gasteiger charge is -2.25. The molecule has 118 valence electrons. The van der Waals surface area contributed by atoms with Crippen molar-refractivity contribution in [1.29, 1.82) is 0 Å². The number of hydrogen-bond acceptors (Lipinski definition) is 4. The van der Waals surface area contributed by atoms with Gasteiger partial charge >= 0.3 is 0 Å². The normalized spacial score (nSPS) is 15.8. The molecular weight excluding hydrogens is 264 g/mol. The molecule has 21 heavy (non-hydrogen) atoms. The molecule has 1 heterocycles. The summed E-state index contributed by atoms with van der Waals surface area (Å²) in [6.45, 7) is 4.74. The van der Waals surface area contributed by atoms with E-state index in [0.29, 0.717) is 0 Å². The van der Waals surface area contributed by atoms with Gasteiger partial charge in [-0.05, 0) is 30.5 Å². The van der Waals surface area contributed by atoms with Crippen LogP contribution in [0.15, 0.2) is 18.2 Å². The van der Waals surface area contributed by atoms with Gasteiger partial charge in [0, 0.05) is 33.3 Å². The molecule has 0 radical (unpaired) electrons. The SMILES string of the molecule is COCCNCc1ccc(N2CCCCCC2)c(OC)c1. The van der Waals surface area contributed by atoms with Crippen LogP contribution >= 0.6 is 0 Å². The van der Waals surface area contributed by atoms with E-state index in [2.05, 4.69) is 28.4 Å². The van der Waals surface area contributed by atoms with Crippen LogP contribution in [0, 0.1) is 0 Å². The first-order chi connectivity index (χ1) is 10.3. The first-order valence-corrected chi connectivity index (χ1v) is 7.96. The summed E-state index contributed by atoms with van der Waals surface area (Å²) >= 11 is 0. The lowest BCUT2D eigenvalue weighted by molar-refractivity contribution is 0.199. The summed E-state index contributed by atoms with van der Waals surface area (Å²) in [4.78, 5) is 2.47. The number of nitrogens with zero attached hydrogens (tertiary/aromatic N) is 1. The molecule has 0 aromatic heterocycles. The van der Waals surface area contributed by atoms with Crippen LogP contribution in [-0.4, -0.2) is 40.5 Å². The smallest absolute Gasteiger partial charge is 0.142 e. The Balaban J connectivity index is 2.01. The molecule has 1 N–H and O–H groups in total. The Hall–Kier alpha value is -1.26. The summed E-state index contributed by atoms with van der Waals surface area (Å²) in [6, 6.07) is 6.56. The average Bonchev–Trinajstić information content (AvgIpc) is 2.80. The van der Waals surface area contributed by atoms with Crippen LogP contribution in [0.3, 0.4) is 0 Å². The van der Waals surface area contributed by atoms with E-state index in [4.69, 9.17) is 9.47 Å². The van der Waals surface area contributed by atoms with Crippen LogP contribution < -0.4 is 15.0 Å². The fourth-order valence-corrected chi connectivity index (χ4v) is 2.81. The van der Waals surface area contributed by atoms with Crippen LogP contribution in [0.5, 0.6) is 5.75 Å². The maximum atomic E-state index is 5.61. The Labute approximate surface area is 128 Å². The van der Waals surface area contributed by atoms with E-state index in [-0.39, 0.29) is 0 Å². The monoisotopic (exact) mass is 292 g/mol.